The molecule has 3 N–H and O–H groups in total. The molecule has 0 amide bonds. The van der Waals surface area contributed by atoms with Crippen molar-refractivity contribution in [3.63, 3.8) is 0 Å². The average Bonchev–Trinajstić information content (AvgIpc) is 3.00. The minimum absolute atomic E-state index is 0.00688. The van der Waals surface area contributed by atoms with Crippen molar-refractivity contribution in [3.8, 4) is 0 Å². The van der Waals surface area contributed by atoms with Crippen molar-refractivity contribution in [2.45, 2.75) is 29.6 Å². The molecule has 0 bridgehead atoms. The fraction of sp³-hybridized carbons (Fsp3) is 0.615. The number of thiophene rings is 1. The third-order valence-corrected chi connectivity index (χ3v) is 6.64. The fourth-order valence-electron chi connectivity index (χ4n) is 2.25. The summed E-state index contributed by atoms with van der Waals surface area (Å²) in [6.45, 7) is 1.75. The van der Waals surface area contributed by atoms with Crippen LogP contribution in [0.1, 0.15) is 19.3 Å². The third kappa shape index (κ3) is 4.69. The van der Waals surface area contributed by atoms with E-state index in [2.05, 4.69) is 4.99 Å². The molecule has 1 aromatic rings. The van der Waals surface area contributed by atoms with Crippen LogP contribution in [-0.2, 0) is 9.84 Å². The van der Waals surface area contributed by atoms with E-state index in [0.29, 0.717) is 5.96 Å². The highest BCUT2D eigenvalue weighted by molar-refractivity contribution is 7.93. The van der Waals surface area contributed by atoms with E-state index in [1.165, 1.54) is 12.5 Å². The molecule has 1 fully saturated rings. The molecule has 21 heavy (non-hydrogen) atoms. The molecule has 0 saturated carbocycles. The number of aliphatic imine (C=N–C) groups is 1. The number of piperidine rings is 1. The molecule has 1 saturated heterocycles. The molecule has 2 rings (SSSR count). The molecule has 6 nitrogen and oxygen atoms in total. The summed E-state index contributed by atoms with van der Waals surface area (Å²) in [5.41, 5.74) is 5.87. The number of aliphatic hydroxyl groups excluding tert-OH is 1. The smallest absolute Gasteiger partial charge is 0.191 e. The summed E-state index contributed by atoms with van der Waals surface area (Å²) in [7, 11) is -3.44. The Kier molecular flexibility index (Phi) is 5.60. The van der Waals surface area contributed by atoms with Crippen molar-refractivity contribution in [1.82, 2.24) is 4.90 Å². The van der Waals surface area contributed by atoms with Crippen LogP contribution in [0.25, 0.3) is 0 Å². The summed E-state index contributed by atoms with van der Waals surface area (Å²) in [4.78, 5) is 6.10. The van der Waals surface area contributed by atoms with Crippen LogP contribution >= 0.6 is 11.3 Å². The van der Waals surface area contributed by atoms with Crippen molar-refractivity contribution < 1.29 is 13.5 Å². The molecule has 1 aliphatic heterocycles. The summed E-state index contributed by atoms with van der Waals surface area (Å²) in [6, 6.07) is 3.22. The Morgan fingerprint density at radius 3 is 2.76 bits per heavy atom. The monoisotopic (exact) mass is 331 g/mol. The molecule has 1 aliphatic rings. The first kappa shape index (κ1) is 16.3. The first-order chi connectivity index (χ1) is 9.99. The Bertz CT molecular complexity index is 563. The number of nitrogens with two attached hydrogens (primary N) is 1. The Morgan fingerprint density at radius 1 is 1.43 bits per heavy atom. The minimum Gasteiger partial charge on any atom is -0.390 e. The first-order valence-corrected chi connectivity index (χ1v) is 9.51. The lowest BCUT2D eigenvalue weighted by molar-refractivity contribution is 0.205. The Balaban J connectivity index is 1.88. The van der Waals surface area contributed by atoms with Gasteiger partial charge in [0.2, 0.25) is 0 Å². The largest absolute Gasteiger partial charge is 0.390 e. The summed E-state index contributed by atoms with van der Waals surface area (Å²) in [6.07, 6.45) is 2.34. The standard InChI is InChI=1S/C13H21N3O3S2/c14-13(16-6-2-1-3-7-16)15-9-11(17)10-21(18,19)12-5-4-8-20-12/h4-5,8,11,17H,1-3,6-7,9-10H2,(H2,14,15). The topological polar surface area (TPSA) is 96.0 Å². The molecule has 1 unspecified atom stereocenters. The molecule has 0 aliphatic carbocycles. The van der Waals surface area contributed by atoms with Crippen LogP contribution in [0.5, 0.6) is 0 Å². The quantitative estimate of drug-likeness (QED) is 0.611. The zero-order valence-corrected chi connectivity index (χ0v) is 13.4. The predicted octanol–water partition coefficient (Wildman–Crippen LogP) is 0.683. The SMILES string of the molecule is NC(=NCC(O)CS(=O)(=O)c1cccs1)N1CCCCC1. The van der Waals surface area contributed by atoms with Crippen molar-refractivity contribution >= 4 is 27.1 Å². The van der Waals surface area contributed by atoms with Crippen molar-refractivity contribution in [3.05, 3.63) is 17.5 Å². The van der Waals surface area contributed by atoms with Gasteiger partial charge in [-0.1, -0.05) is 6.07 Å². The van der Waals surface area contributed by atoms with E-state index in [1.807, 2.05) is 4.90 Å². The Hall–Kier alpha value is -1.12. The molecular formula is C13H21N3O3S2. The number of guanidine groups is 1. The number of hydrogen-bond acceptors (Lipinski definition) is 5. The highest BCUT2D eigenvalue weighted by Gasteiger charge is 2.21. The van der Waals surface area contributed by atoms with Gasteiger partial charge < -0.3 is 15.7 Å². The van der Waals surface area contributed by atoms with Crippen LogP contribution in [0.4, 0.5) is 0 Å². The zero-order valence-electron chi connectivity index (χ0n) is 11.8. The number of rotatable bonds is 5. The summed E-state index contributed by atoms with van der Waals surface area (Å²) < 4.78 is 24.3. The fourth-order valence-corrected chi connectivity index (χ4v) is 4.72. The van der Waals surface area contributed by atoms with Gasteiger partial charge in [-0.05, 0) is 30.7 Å². The number of nitrogens with zero attached hydrogens (tertiary/aromatic N) is 2. The van der Waals surface area contributed by atoms with E-state index in [-0.39, 0.29) is 16.5 Å². The van der Waals surface area contributed by atoms with Gasteiger partial charge in [-0.25, -0.2) is 8.42 Å². The van der Waals surface area contributed by atoms with Gasteiger partial charge in [0.25, 0.3) is 0 Å². The van der Waals surface area contributed by atoms with Gasteiger partial charge in [-0.3, -0.25) is 4.99 Å². The number of sulfone groups is 1. The second-order valence-electron chi connectivity index (χ2n) is 5.11. The van der Waals surface area contributed by atoms with Gasteiger partial charge in [0.1, 0.15) is 4.21 Å². The maximum absolute atomic E-state index is 12.0. The highest BCUT2D eigenvalue weighted by Crippen LogP contribution is 2.18. The molecule has 1 atom stereocenters. The van der Waals surface area contributed by atoms with Gasteiger partial charge in [-0.15, -0.1) is 11.3 Å². The van der Waals surface area contributed by atoms with E-state index < -0.39 is 15.9 Å². The second-order valence-corrected chi connectivity index (χ2v) is 8.32. The molecule has 0 radical (unpaired) electrons. The van der Waals surface area contributed by atoms with E-state index in [4.69, 9.17) is 5.73 Å². The van der Waals surface area contributed by atoms with Gasteiger partial charge in [-0.2, -0.15) is 0 Å². The molecule has 1 aromatic heterocycles. The normalized spacial score (nSPS) is 18.7. The summed E-state index contributed by atoms with van der Waals surface area (Å²) >= 11 is 1.15. The van der Waals surface area contributed by atoms with Gasteiger partial charge in [0, 0.05) is 13.1 Å². The van der Waals surface area contributed by atoms with Crippen LogP contribution in [0.3, 0.4) is 0 Å². The van der Waals surface area contributed by atoms with E-state index in [0.717, 1.165) is 37.3 Å². The summed E-state index contributed by atoms with van der Waals surface area (Å²) in [5, 5.41) is 11.6. The lowest BCUT2D eigenvalue weighted by Crippen LogP contribution is -2.41. The van der Waals surface area contributed by atoms with Gasteiger partial charge in [0.15, 0.2) is 15.8 Å². The van der Waals surface area contributed by atoms with Gasteiger partial charge in [0.05, 0.1) is 18.4 Å². The van der Waals surface area contributed by atoms with E-state index >= 15 is 0 Å². The molecule has 2 heterocycles. The van der Waals surface area contributed by atoms with Crippen LogP contribution in [-0.4, -0.2) is 55.9 Å². The molecule has 0 spiro atoms. The van der Waals surface area contributed by atoms with Gasteiger partial charge >= 0.3 is 0 Å². The minimum atomic E-state index is -3.44. The maximum Gasteiger partial charge on any atom is 0.191 e. The molecule has 0 aromatic carbocycles. The highest BCUT2D eigenvalue weighted by atomic mass is 32.2. The third-order valence-electron chi connectivity index (χ3n) is 3.36. The Morgan fingerprint density at radius 2 is 2.14 bits per heavy atom. The van der Waals surface area contributed by atoms with Crippen molar-refractivity contribution in [2.75, 3.05) is 25.4 Å². The maximum atomic E-state index is 12.0. The van der Waals surface area contributed by atoms with Crippen molar-refractivity contribution in [2.24, 2.45) is 10.7 Å². The first-order valence-electron chi connectivity index (χ1n) is 6.98. The number of aliphatic hydroxyl groups is 1. The second kappa shape index (κ2) is 7.24. The van der Waals surface area contributed by atoms with Crippen LogP contribution in [0.15, 0.2) is 26.7 Å². The van der Waals surface area contributed by atoms with Crippen LogP contribution < -0.4 is 5.73 Å². The number of hydrogen-bond donors (Lipinski definition) is 2. The van der Waals surface area contributed by atoms with E-state index in [9.17, 15) is 13.5 Å². The van der Waals surface area contributed by atoms with Crippen molar-refractivity contribution in [1.29, 1.82) is 0 Å². The van der Waals surface area contributed by atoms with Crippen LogP contribution in [0, 0.1) is 0 Å². The summed E-state index contributed by atoms with van der Waals surface area (Å²) in [5.74, 6) is 0.0619. The molecule has 8 heteroatoms. The number of likely N-dealkylation sites (tertiary alicyclic amines) is 1. The van der Waals surface area contributed by atoms with Crippen LogP contribution in [0.2, 0.25) is 0 Å². The molecular weight excluding hydrogens is 310 g/mol. The lowest BCUT2D eigenvalue weighted by atomic mass is 10.1. The lowest BCUT2D eigenvalue weighted by Gasteiger charge is -2.27. The zero-order chi connectivity index (χ0) is 15.3. The predicted molar refractivity (Wildman–Crippen MR) is 84.3 cm³/mol. The van der Waals surface area contributed by atoms with E-state index in [1.54, 1.807) is 11.4 Å². The molecule has 118 valence electrons. The Labute approximate surface area is 129 Å². The average molecular weight is 331 g/mol.